The van der Waals surface area contributed by atoms with Crippen LogP contribution in [0.5, 0.6) is 0 Å². The molecule has 5 N–H and O–H groups in total. The average Bonchev–Trinajstić information content (AvgIpc) is 2.08. The zero-order chi connectivity index (χ0) is 14.1. The summed E-state index contributed by atoms with van der Waals surface area (Å²) in [4.78, 5) is 29.9. The summed E-state index contributed by atoms with van der Waals surface area (Å²) in [5.41, 5.74) is 9.20. The van der Waals surface area contributed by atoms with Crippen LogP contribution >= 0.6 is 0 Å². The normalized spacial score (nSPS) is 11.9. The van der Waals surface area contributed by atoms with E-state index in [0.29, 0.717) is 12.8 Å². The number of carboxylic acid groups (broad SMARTS) is 1. The maximum Gasteiger partial charge on any atom is 0.402 e. The van der Waals surface area contributed by atoms with Crippen LogP contribution in [0.25, 0.3) is 0 Å². The smallest absolute Gasteiger partial charge is 0.402 e. The number of nitrogens with two attached hydrogens (primary N) is 2. The third-order valence-electron chi connectivity index (χ3n) is 2.20. The molecule has 1 atom stereocenters. The lowest BCUT2D eigenvalue weighted by molar-refractivity contribution is -0.125. The fourth-order valence-corrected chi connectivity index (χ4v) is 1.41. The first-order valence-electron chi connectivity index (χ1n) is 5.34. The van der Waals surface area contributed by atoms with E-state index in [1.165, 1.54) is 0 Å². The Balaban J connectivity index is 0. The fourth-order valence-electron chi connectivity index (χ4n) is 1.41. The van der Waals surface area contributed by atoms with E-state index in [1.54, 1.807) is 0 Å². The lowest BCUT2D eigenvalue weighted by Crippen LogP contribution is -2.33. The largest absolute Gasteiger partial charge is 0.465 e. The molecule has 0 aliphatic rings. The SMILES string of the molecule is CC(C)(C)C(CCCC=O)C(N)=O.NC(=O)O. The Morgan fingerprint density at radius 3 is 1.94 bits per heavy atom. The number of amides is 2. The summed E-state index contributed by atoms with van der Waals surface area (Å²) in [5.74, 6) is -0.397. The van der Waals surface area contributed by atoms with E-state index in [1.807, 2.05) is 20.8 Å². The zero-order valence-electron chi connectivity index (χ0n) is 10.6. The molecule has 0 aromatic heterocycles. The summed E-state index contributed by atoms with van der Waals surface area (Å²) >= 11 is 0. The van der Waals surface area contributed by atoms with Gasteiger partial charge in [-0.25, -0.2) is 4.79 Å². The van der Waals surface area contributed by atoms with Gasteiger partial charge in [-0.1, -0.05) is 20.8 Å². The lowest BCUT2D eigenvalue weighted by atomic mass is 9.77. The molecule has 2 amide bonds. The maximum atomic E-state index is 11.1. The van der Waals surface area contributed by atoms with E-state index in [9.17, 15) is 9.59 Å². The molecule has 1 unspecified atom stereocenters. The Kier molecular flexibility index (Phi) is 8.95. The lowest BCUT2D eigenvalue weighted by Gasteiger charge is -2.27. The first kappa shape index (κ1) is 17.8. The summed E-state index contributed by atoms with van der Waals surface area (Å²) in [6, 6.07) is 0. The van der Waals surface area contributed by atoms with E-state index in [2.05, 4.69) is 5.73 Å². The van der Waals surface area contributed by atoms with Gasteiger partial charge in [-0.05, 0) is 18.3 Å². The van der Waals surface area contributed by atoms with Crippen LogP contribution in [0.1, 0.15) is 40.0 Å². The van der Waals surface area contributed by atoms with E-state index >= 15 is 0 Å². The van der Waals surface area contributed by atoms with Crippen molar-refractivity contribution in [1.82, 2.24) is 0 Å². The zero-order valence-corrected chi connectivity index (χ0v) is 10.6. The number of rotatable bonds is 5. The van der Waals surface area contributed by atoms with Gasteiger partial charge in [0, 0.05) is 12.3 Å². The molecule has 0 bridgehead atoms. The monoisotopic (exact) mass is 246 g/mol. The van der Waals surface area contributed by atoms with Crippen LogP contribution in [-0.2, 0) is 9.59 Å². The molecule has 0 aliphatic carbocycles. The van der Waals surface area contributed by atoms with Gasteiger partial charge in [0.1, 0.15) is 6.29 Å². The van der Waals surface area contributed by atoms with Gasteiger partial charge < -0.3 is 21.4 Å². The van der Waals surface area contributed by atoms with Crippen molar-refractivity contribution in [2.24, 2.45) is 22.8 Å². The topological polar surface area (TPSA) is 123 Å². The molecule has 0 saturated carbocycles. The number of primary amides is 2. The molecular weight excluding hydrogens is 224 g/mol. The fraction of sp³-hybridized carbons (Fsp3) is 0.727. The molecular formula is C11H22N2O4. The number of hydrogen-bond donors (Lipinski definition) is 3. The van der Waals surface area contributed by atoms with Crippen LogP contribution in [0.4, 0.5) is 4.79 Å². The van der Waals surface area contributed by atoms with Gasteiger partial charge in [-0.15, -0.1) is 0 Å². The van der Waals surface area contributed by atoms with Crippen molar-refractivity contribution in [2.75, 3.05) is 0 Å². The second-order valence-corrected chi connectivity index (χ2v) is 4.76. The van der Waals surface area contributed by atoms with Gasteiger partial charge in [-0.3, -0.25) is 4.79 Å². The molecule has 0 rings (SSSR count). The quantitative estimate of drug-likeness (QED) is 0.496. The Hall–Kier alpha value is -1.59. The third kappa shape index (κ3) is 12.3. The number of unbranched alkanes of at least 4 members (excludes halogenated alkanes) is 1. The van der Waals surface area contributed by atoms with Crippen molar-refractivity contribution in [3.63, 3.8) is 0 Å². The minimum Gasteiger partial charge on any atom is -0.465 e. The highest BCUT2D eigenvalue weighted by molar-refractivity contribution is 5.77. The maximum absolute atomic E-state index is 11.1. The molecule has 6 heteroatoms. The van der Waals surface area contributed by atoms with Gasteiger partial charge in [0.2, 0.25) is 5.91 Å². The Bertz CT molecular complexity index is 255. The number of hydrogen-bond acceptors (Lipinski definition) is 3. The van der Waals surface area contributed by atoms with Crippen molar-refractivity contribution < 1.29 is 19.5 Å². The molecule has 0 aromatic rings. The highest BCUT2D eigenvalue weighted by Gasteiger charge is 2.28. The van der Waals surface area contributed by atoms with E-state index in [-0.39, 0.29) is 17.2 Å². The molecule has 0 fully saturated rings. The van der Waals surface area contributed by atoms with E-state index < -0.39 is 6.09 Å². The van der Waals surface area contributed by atoms with Crippen molar-refractivity contribution in [2.45, 2.75) is 40.0 Å². The summed E-state index contributed by atoms with van der Waals surface area (Å²) in [6.07, 6.45) is 1.51. The van der Waals surface area contributed by atoms with E-state index in [0.717, 1.165) is 12.7 Å². The first-order valence-corrected chi connectivity index (χ1v) is 5.34. The van der Waals surface area contributed by atoms with Crippen LogP contribution in [0.2, 0.25) is 0 Å². The van der Waals surface area contributed by atoms with Gasteiger partial charge in [0.25, 0.3) is 0 Å². The van der Waals surface area contributed by atoms with Crippen molar-refractivity contribution in [3.8, 4) is 0 Å². The van der Waals surface area contributed by atoms with Crippen molar-refractivity contribution in [1.29, 1.82) is 0 Å². The molecule has 0 heterocycles. The Labute approximate surface area is 101 Å². The predicted octanol–water partition coefficient (Wildman–Crippen LogP) is 1.13. The summed E-state index contributed by atoms with van der Waals surface area (Å²) < 4.78 is 0. The molecule has 0 aliphatic heterocycles. The van der Waals surface area contributed by atoms with Crippen LogP contribution in [0.3, 0.4) is 0 Å². The molecule has 6 nitrogen and oxygen atoms in total. The highest BCUT2D eigenvalue weighted by Crippen LogP contribution is 2.29. The highest BCUT2D eigenvalue weighted by atomic mass is 16.4. The van der Waals surface area contributed by atoms with Crippen molar-refractivity contribution >= 4 is 18.3 Å². The third-order valence-corrected chi connectivity index (χ3v) is 2.20. The van der Waals surface area contributed by atoms with Crippen LogP contribution in [0, 0.1) is 11.3 Å². The average molecular weight is 246 g/mol. The molecule has 0 saturated heterocycles. The molecule has 0 spiro atoms. The van der Waals surface area contributed by atoms with Crippen LogP contribution in [0.15, 0.2) is 0 Å². The van der Waals surface area contributed by atoms with Gasteiger partial charge in [0.05, 0.1) is 0 Å². The van der Waals surface area contributed by atoms with Crippen LogP contribution in [-0.4, -0.2) is 23.4 Å². The second kappa shape index (κ2) is 8.55. The summed E-state index contributed by atoms with van der Waals surface area (Å²) in [6.45, 7) is 5.97. The molecule has 0 radical (unpaired) electrons. The molecule has 100 valence electrons. The number of carbonyl (C=O) groups excluding carboxylic acids is 2. The number of aldehydes is 1. The second-order valence-electron chi connectivity index (χ2n) is 4.76. The Morgan fingerprint density at radius 1 is 1.29 bits per heavy atom. The number of carbonyl (C=O) groups is 3. The van der Waals surface area contributed by atoms with Crippen molar-refractivity contribution in [3.05, 3.63) is 0 Å². The first-order chi connectivity index (χ1) is 7.62. The van der Waals surface area contributed by atoms with E-state index in [4.69, 9.17) is 15.6 Å². The van der Waals surface area contributed by atoms with Gasteiger partial charge in [-0.2, -0.15) is 0 Å². The standard InChI is InChI=1S/C10H19NO2.CH3NO2/c1-10(2,3)8(9(11)13)6-4-5-7-12;2-1(3)4/h7-8H,4-6H2,1-3H3,(H2,11,13);2H2,(H,3,4). The predicted molar refractivity (Wildman–Crippen MR) is 64.3 cm³/mol. The minimum absolute atomic E-state index is 0.102. The van der Waals surface area contributed by atoms with Gasteiger partial charge in [0.15, 0.2) is 0 Å². The van der Waals surface area contributed by atoms with Gasteiger partial charge >= 0.3 is 6.09 Å². The minimum atomic E-state index is -1.33. The molecule has 0 aromatic carbocycles. The van der Waals surface area contributed by atoms with Crippen LogP contribution < -0.4 is 11.5 Å². The molecule has 17 heavy (non-hydrogen) atoms. The summed E-state index contributed by atoms with van der Waals surface area (Å²) in [5, 5.41) is 7.19. The Morgan fingerprint density at radius 2 is 1.71 bits per heavy atom. The summed E-state index contributed by atoms with van der Waals surface area (Å²) in [7, 11) is 0.